The number of amides is 1. The van der Waals surface area contributed by atoms with E-state index in [0.29, 0.717) is 11.4 Å². The lowest BCUT2D eigenvalue weighted by molar-refractivity contribution is -0.133. The lowest BCUT2D eigenvalue weighted by Gasteiger charge is -2.27. The smallest absolute Gasteiger partial charge is 0.261 e. The van der Waals surface area contributed by atoms with Gasteiger partial charge in [-0.3, -0.25) is 14.2 Å². The number of likely N-dealkylation sites (tertiary alicyclic amines) is 1. The molecule has 1 aliphatic rings. The van der Waals surface area contributed by atoms with Crippen LogP contribution in [0.15, 0.2) is 29.3 Å². The van der Waals surface area contributed by atoms with Gasteiger partial charge >= 0.3 is 0 Å². The van der Waals surface area contributed by atoms with E-state index in [1.54, 1.807) is 0 Å². The van der Waals surface area contributed by atoms with Crippen molar-refractivity contribution in [1.29, 1.82) is 0 Å². The zero-order valence-corrected chi connectivity index (χ0v) is 13.3. The fourth-order valence-electron chi connectivity index (χ4n) is 3.28. The first-order valence-corrected chi connectivity index (χ1v) is 7.91. The largest absolute Gasteiger partial charge is 0.338 e. The van der Waals surface area contributed by atoms with Gasteiger partial charge in [-0.2, -0.15) is 0 Å². The number of halogens is 1. The Balaban J connectivity index is 1.88. The van der Waals surface area contributed by atoms with E-state index in [4.69, 9.17) is 0 Å². The molecule has 3 rings (SSSR count). The molecule has 0 unspecified atom stereocenters. The van der Waals surface area contributed by atoms with Crippen molar-refractivity contribution in [3.63, 3.8) is 0 Å². The highest BCUT2D eigenvalue weighted by molar-refractivity contribution is 5.79. The summed E-state index contributed by atoms with van der Waals surface area (Å²) in [6.07, 6.45) is 3.35. The van der Waals surface area contributed by atoms with Gasteiger partial charge in [0.15, 0.2) is 0 Å². The van der Waals surface area contributed by atoms with E-state index < -0.39 is 5.82 Å². The maximum atomic E-state index is 13.3. The molecule has 2 aromatic rings. The number of hydrogen-bond acceptors (Lipinski definition) is 3. The lowest BCUT2D eigenvalue weighted by atomic mass is 10.0. The summed E-state index contributed by atoms with van der Waals surface area (Å²) in [6.45, 7) is 4.87. The third-order valence-electron chi connectivity index (χ3n) is 4.48. The van der Waals surface area contributed by atoms with E-state index in [0.717, 1.165) is 19.4 Å². The molecule has 0 bridgehead atoms. The third kappa shape index (κ3) is 2.98. The first-order valence-electron chi connectivity index (χ1n) is 7.91. The molecule has 1 saturated heterocycles. The van der Waals surface area contributed by atoms with Crippen LogP contribution in [0.3, 0.4) is 0 Å². The fraction of sp³-hybridized carbons (Fsp3) is 0.471. The summed E-state index contributed by atoms with van der Waals surface area (Å²) in [5, 5.41) is 0.196. The van der Waals surface area contributed by atoms with Gasteiger partial charge in [0.1, 0.15) is 12.4 Å². The van der Waals surface area contributed by atoms with Crippen molar-refractivity contribution in [2.75, 3.05) is 6.54 Å². The second-order valence-electron chi connectivity index (χ2n) is 6.38. The molecule has 1 amide bonds. The molecule has 0 aliphatic carbocycles. The second-order valence-corrected chi connectivity index (χ2v) is 6.38. The quantitative estimate of drug-likeness (QED) is 0.872. The summed E-state index contributed by atoms with van der Waals surface area (Å²) in [5.41, 5.74) is 0.0458. The molecule has 23 heavy (non-hydrogen) atoms. The first-order chi connectivity index (χ1) is 11.0. The minimum atomic E-state index is -0.486. The van der Waals surface area contributed by atoms with Gasteiger partial charge in [0, 0.05) is 12.6 Å². The van der Waals surface area contributed by atoms with Crippen molar-refractivity contribution in [2.24, 2.45) is 5.92 Å². The molecule has 0 saturated carbocycles. The Hall–Kier alpha value is -2.24. The highest BCUT2D eigenvalue weighted by atomic mass is 19.1. The second kappa shape index (κ2) is 6.10. The van der Waals surface area contributed by atoms with Gasteiger partial charge in [0.2, 0.25) is 5.91 Å². The lowest BCUT2D eigenvalue weighted by Crippen LogP contribution is -2.41. The van der Waals surface area contributed by atoms with Crippen molar-refractivity contribution in [1.82, 2.24) is 14.5 Å². The number of fused-ring (bicyclic) bond motifs is 1. The standard InChI is InChI=1S/C17H20FN3O2/c1-11(2)15-4-3-7-21(15)16(22)9-20-10-19-14-6-5-12(18)8-13(14)17(20)23/h5-6,8,10-11,15H,3-4,7,9H2,1-2H3/t15-/m1/s1. The molecular weight excluding hydrogens is 297 g/mol. The van der Waals surface area contributed by atoms with E-state index in [-0.39, 0.29) is 29.4 Å². The zero-order chi connectivity index (χ0) is 16.6. The number of carbonyl (C=O) groups is 1. The predicted molar refractivity (Wildman–Crippen MR) is 85.5 cm³/mol. The molecule has 1 fully saturated rings. The van der Waals surface area contributed by atoms with E-state index in [1.165, 1.54) is 29.1 Å². The average molecular weight is 317 g/mol. The van der Waals surface area contributed by atoms with Crippen molar-refractivity contribution in [3.8, 4) is 0 Å². The number of rotatable bonds is 3. The van der Waals surface area contributed by atoms with Gasteiger partial charge in [-0.1, -0.05) is 13.8 Å². The first kappa shape index (κ1) is 15.6. The van der Waals surface area contributed by atoms with Crippen LogP contribution in [-0.2, 0) is 11.3 Å². The van der Waals surface area contributed by atoms with Gasteiger partial charge in [-0.05, 0) is 37.0 Å². The highest BCUT2D eigenvalue weighted by Gasteiger charge is 2.30. The van der Waals surface area contributed by atoms with Crippen LogP contribution in [0.5, 0.6) is 0 Å². The van der Waals surface area contributed by atoms with Gasteiger partial charge in [0.25, 0.3) is 5.56 Å². The number of carbonyl (C=O) groups excluding carboxylic acids is 1. The SMILES string of the molecule is CC(C)[C@H]1CCCN1C(=O)Cn1cnc2ccc(F)cc2c1=O. The molecule has 122 valence electrons. The molecule has 1 atom stereocenters. The summed E-state index contributed by atoms with van der Waals surface area (Å²) in [5.74, 6) is -0.178. The van der Waals surface area contributed by atoms with Crippen molar-refractivity contribution < 1.29 is 9.18 Å². The number of aromatic nitrogens is 2. The Labute approximate surface area is 133 Å². The summed E-state index contributed by atoms with van der Waals surface area (Å²) < 4.78 is 14.6. The molecule has 6 heteroatoms. The van der Waals surface area contributed by atoms with Crippen LogP contribution >= 0.6 is 0 Å². The van der Waals surface area contributed by atoms with Crippen molar-refractivity contribution >= 4 is 16.8 Å². The van der Waals surface area contributed by atoms with E-state index in [2.05, 4.69) is 18.8 Å². The van der Waals surface area contributed by atoms with Crippen LogP contribution in [0.4, 0.5) is 4.39 Å². The summed E-state index contributed by atoms with van der Waals surface area (Å²) in [4.78, 5) is 31.0. The molecule has 1 aromatic carbocycles. The summed E-state index contributed by atoms with van der Waals surface area (Å²) in [6, 6.07) is 4.12. The highest BCUT2D eigenvalue weighted by Crippen LogP contribution is 2.23. The van der Waals surface area contributed by atoms with Gasteiger partial charge in [0.05, 0.1) is 17.2 Å². The number of nitrogens with zero attached hydrogens (tertiary/aromatic N) is 3. The van der Waals surface area contributed by atoms with Crippen LogP contribution in [0.25, 0.3) is 10.9 Å². The van der Waals surface area contributed by atoms with Gasteiger partial charge in [-0.15, -0.1) is 0 Å². The third-order valence-corrected chi connectivity index (χ3v) is 4.48. The van der Waals surface area contributed by atoms with E-state index >= 15 is 0 Å². The molecular formula is C17H20FN3O2. The minimum absolute atomic E-state index is 0.0541. The van der Waals surface area contributed by atoms with Gasteiger partial charge < -0.3 is 4.90 Å². The van der Waals surface area contributed by atoms with Crippen LogP contribution in [0.2, 0.25) is 0 Å². The zero-order valence-electron chi connectivity index (χ0n) is 13.3. The number of hydrogen-bond donors (Lipinski definition) is 0. The molecule has 0 radical (unpaired) electrons. The maximum Gasteiger partial charge on any atom is 0.261 e. The van der Waals surface area contributed by atoms with E-state index in [9.17, 15) is 14.0 Å². The maximum absolute atomic E-state index is 13.3. The predicted octanol–water partition coefficient (Wildman–Crippen LogP) is 2.18. The van der Waals surface area contributed by atoms with Crippen LogP contribution in [-0.4, -0.2) is 32.9 Å². The Morgan fingerprint density at radius 2 is 2.22 bits per heavy atom. The van der Waals surface area contributed by atoms with E-state index in [1.807, 2.05) is 4.90 Å². The van der Waals surface area contributed by atoms with Gasteiger partial charge in [-0.25, -0.2) is 9.37 Å². The molecule has 1 aliphatic heterocycles. The van der Waals surface area contributed by atoms with Crippen LogP contribution in [0.1, 0.15) is 26.7 Å². The molecule has 1 aromatic heterocycles. The minimum Gasteiger partial charge on any atom is -0.338 e. The molecule has 0 spiro atoms. The summed E-state index contributed by atoms with van der Waals surface area (Å²) >= 11 is 0. The van der Waals surface area contributed by atoms with Crippen LogP contribution in [0, 0.1) is 11.7 Å². The van der Waals surface area contributed by atoms with Crippen molar-refractivity contribution in [2.45, 2.75) is 39.3 Å². The average Bonchev–Trinajstić information content (AvgIpc) is 3.00. The summed E-state index contributed by atoms with van der Waals surface area (Å²) in [7, 11) is 0. The Morgan fingerprint density at radius 1 is 1.43 bits per heavy atom. The van der Waals surface area contributed by atoms with Crippen LogP contribution < -0.4 is 5.56 Å². The Kier molecular flexibility index (Phi) is 4.15. The molecule has 5 nitrogen and oxygen atoms in total. The fourth-order valence-corrected chi connectivity index (χ4v) is 3.28. The number of benzene rings is 1. The monoisotopic (exact) mass is 317 g/mol. The molecule has 2 heterocycles. The Bertz CT molecular complexity index is 800. The normalized spacial score (nSPS) is 18.1. The topological polar surface area (TPSA) is 55.2 Å². The molecule has 0 N–H and O–H groups in total. The Morgan fingerprint density at radius 3 is 2.96 bits per heavy atom. The van der Waals surface area contributed by atoms with Crippen molar-refractivity contribution in [3.05, 3.63) is 40.7 Å².